The van der Waals surface area contributed by atoms with E-state index in [0.29, 0.717) is 5.92 Å². The molecular formula is C27H29NO2S. The smallest absolute Gasteiger partial charge is 0.266 e. The van der Waals surface area contributed by atoms with E-state index < -0.39 is 0 Å². The van der Waals surface area contributed by atoms with Crippen LogP contribution in [0.25, 0.3) is 32.1 Å². The molecule has 5 rings (SSSR count). The summed E-state index contributed by atoms with van der Waals surface area (Å²) in [6.07, 6.45) is 8.22. The summed E-state index contributed by atoms with van der Waals surface area (Å²) in [6.45, 7) is 2.39. The summed E-state index contributed by atoms with van der Waals surface area (Å²) < 4.78 is 6.53. The van der Waals surface area contributed by atoms with E-state index in [1.807, 2.05) is 23.6 Å². The van der Waals surface area contributed by atoms with Gasteiger partial charge in [0.1, 0.15) is 10.4 Å². The zero-order chi connectivity index (χ0) is 21.4. The van der Waals surface area contributed by atoms with Crippen LogP contribution < -0.4 is 10.3 Å². The molecule has 0 bridgehead atoms. The fourth-order valence-corrected chi connectivity index (χ4v) is 6.12. The highest BCUT2D eigenvalue weighted by Crippen LogP contribution is 2.41. The van der Waals surface area contributed by atoms with Crippen LogP contribution >= 0.6 is 11.3 Å². The lowest BCUT2D eigenvalue weighted by Crippen LogP contribution is -2.09. The minimum Gasteiger partial charge on any atom is -0.496 e. The van der Waals surface area contributed by atoms with Gasteiger partial charge in [-0.15, -0.1) is 11.3 Å². The van der Waals surface area contributed by atoms with Crippen molar-refractivity contribution in [3.05, 3.63) is 63.8 Å². The fraction of sp³-hybridized carbons (Fsp3) is 0.370. The first-order chi connectivity index (χ1) is 15.2. The van der Waals surface area contributed by atoms with Crippen LogP contribution in [0.1, 0.15) is 56.9 Å². The number of ether oxygens (including phenoxy) is 1. The Morgan fingerprint density at radius 1 is 1.00 bits per heavy atom. The van der Waals surface area contributed by atoms with E-state index in [0.717, 1.165) is 43.8 Å². The zero-order valence-electron chi connectivity index (χ0n) is 18.2. The van der Waals surface area contributed by atoms with Crippen LogP contribution in [0.5, 0.6) is 5.75 Å². The summed E-state index contributed by atoms with van der Waals surface area (Å²) in [4.78, 5) is 15.5. The molecule has 1 fully saturated rings. The molecule has 3 nitrogen and oxygen atoms in total. The molecule has 1 N–H and O–H groups in total. The first kappa shape index (κ1) is 20.3. The van der Waals surface area contributed by atoms with Crippen LogP contribution in [0.4, 0.5) is 0 Å². The van der Waals surface area contributed by atoms with Crippen LogP contribution in [-0.4, -0.2) is 12.1 Å². The molecule has 0 saturated heterocycles. The average Bonchev–Trinajstić information content (AvgIpc) is 3.14. The Balaban J connectivity index is 1.60. The number of aromatic amines is 1. The Morgan fingerprint density at radius 3 is 2.45 bits per heavy atom. The number of rotatable bonds is 4. The fourth-order valence-electron chi connectivity index (χ4n) is 5.32. The van der Waals surface area contributed by atoms with E-state index in [4.69, 9.17) is 4.74 Å². The summed E-state index contributed by atoms with van der Waals surface area (Å²) in [5.74, 6) is 2.20. The van der Waals surface area contributed by atoms with E-state index in [-0.39, 0.29) is 5.56 Å². The van der Waals surface area contributed by atoms with Crippen LogP contribution in [0.15, 0.2) is 52.6 Å². The summed E-state index contributed by atoms with van der Waals surface area (Å²) in [6, 6.07) is 15.0. The van der Waals surface area contributed by atoms with E-state index in [1.165, 1.54) is 55.4 Å². The Hall–Kier alpha value is -2.59. The molecule has 2 aromatic carbocycles. The highest BCUT2D eigenvalue weighted by atomic mass is 32.1. The second kappa shape index (κ2) is 8.51. The molecule has 160 valence electrons. The van der Waals surface area contributed by atoms with Crippen LogP contribution in [-0.2, 0) is 0 Å². The van der Waals surface area contributed by atoms with E-state index in [9.17, 15) is 4.79 Å². The van der Waals surface area contributed by atoms with Gasteiger partial charge in [-0.3, -0.25) is 4.79 Å². The summed E-state index contributed by atoms with van der Waals surface area (Å²) >= 11 is 1.49. The number of aromatic nitrogens is 1. The summed E-state index contributed by atoms with van der Waals surface area (Å²) in [5, 5.41) is 4.04. The van der Waals surface area contributed by atoms with Crippen molar-refractivity contribution >= 4 is 32.3 Å². The highest BCUT2D eigenvalue weighted by Gasteiger charge is 2.21. The van der Waals surface area contributed by atoms with Gasteiger partial charge in [-0.2, -0.15) is 0 Å². The number of hydrogen-bond donors (Lipinski definition) is 1. The lowest BCUT2D eigenvalue weighted by molar-refractivity contribution is 0.394. The summed E-state index contributed by atoms with van der Waals surface area (Å²) in [5.41, 5.74) is 4.42. The zero-order valence-corrected chi connectivity index (χ0v) is 19.1. The molecular weight excluding hydrogens is 402 g/mol. The molecule has 0 amide bonds. The van der Waals surface area contributed by atoms with Gasteiger partial charge in [0.15, 0.2) is 0 Å². The molecule has 1 aliphatic rings. The number of H-pyrrole nitrogens is 1. The molecule has 2 aromatic heterocycles. The first-order valence-corrected chi connectivity index (χ1v) is 12.3. The second-order valence-corrected chi connectivity index (χ2v) is 9.76. The molecule has 4 heteroatoms. The number of benzene rings is 2. The van der Waals surface area contributed by atoms with Crippen LogP contribution in [0.2, 0.25) is 0 Å². The molecule has 4 aromatic rings. The van der Waals surface area contributed by atoms with E-state index in [2.05, 4.69) is 36.2 Å². The molecule has 2 heterocycles. The van der Waals surface area contributed by atoms with Crippen molar-refractivity contribution in [2.75, 3.05) is 7.11 Å². The monoisotopic (exact) mass is 431 g/mol. The number of hydrogen-bond acceptors (Lipinski definition) is 3. The molecule has 1 saturated carbocycles. The number of fused-ring (bicyclic) bond motifs is 3. The van der Waals surface area contributed by atoms with Crippen LogP contribution in [0.3, 0.4) is 0 Å². The third-order valence-electron chi connectivity index (χ3n) is 7.11. The maximum absolute atomic E-state index is 12.5. The maximum atomic E-state index is 12.5. The summed E-state index contributed by atoms with van der Waals surface area (Å²) in [7, 11) is 1.71. The lowest BCUT2D eigenvalue weighted by Gasteiger charge is -2.23. The lowest BCUT2D eigenvalue weighted by atomic mass is 9.82. The van der Waals surface area contributed by atoms with Crippen molar-refractivity contribution in [2.24, 2.45) is 5.92 Å². The van der Waals surface area contributed by atoms with Gasteiger partial charge in [0.2, 0.25) is 0 Å². The molecule has 1 atom stereocenters. The largest absolute Gasteiger partial charge is 0.496 e. The Bertz CT molecular complexity index is 1260. The molecule has 0 radical (unpaired) electrons. The topological polar surface area (TPSA) is 42.1 Å². The molecule has 31 heavy (non-hydrogen) atoms. The SMILES string of the molecule is COc1ccc2[nH]c(=O)c3sccc3c2c1-c1ccc(C(C)C2CCCCCC2)cc1. The minimum absolute atomic E-state index is 0.0267. The number of thiophene rings is 1. The van der Waals surface area contributed by atoms with Crippen molar-refractivity contribution in [3.63, 3.8) is 0 Å². The van der Waals surface area contributed by atoms with E-state index in [1.54, 1.807) is 7.11 Å². The van der Waals surface area contributed by atoms with Crippen LogP contribution in [0, 0.1) is 5.92 Å². The number of methoxy groups -OCH3 is 1. The second-order valence-electron chi connectivity index (χ2n) is 8.85. The van der Waals surface area contributed by atoms with Gasteiger partial charge >= 0.3 is 0 Å². The third-order valence-corrected chi connectivity index (χ3v) is 8.02. The Labute approximate surface area is 187 Å². The van der Waals surface area contributed by atoms with Crippen molar-refractivity contribution in [3.8, 4) is 16.9 Å². The highest BCUT2D eigenvalue weighted by molar-refractivity contribution is 7.17. The standard InChI is InChI=1S/C27H29NO2S/c1-17(18-7-5-3-4-6-8-18)19-9-11-20(12-10-19)24-23(30-2)14-13-22-25(24)21-15-16-31-26(21)27(29)28-22/h9-18H,3-8H2,1-2H3,(H,28,29). The van der Waals surface area contributed by atoms with Crippen molar-refractivity contribution in [2.45, 2.75) is 51.4 Å². The average molecular weight is 432 g/mol. The van der Waals surface area contributed by atoms with Gasteiger partial charge in [0.25, 0.3) is 5.56 Å². The predicted octanol–water partition coefficient (Wildman–Crippen LogP) is 7.49. The van der Waals surface area contributed by atoms with Crippen molar-refractivity contribution in [1.29, 1.82) is 0 Å². The molecule has 1 unspecified atom stereocenters. The van der Waals surface area contributed by atoms with Gasteiger partial charge in [0.05, 0.1) is 7.11 Å². The molecule has 1 aliphatic carbocycles. The number of nitrogens with one attached hydrogen (secondary N) is 1. The van der Waals surface area contributed by atoms with Gasteiger partial charge in [-0.25, -0.2) is 0 Å². The molecule has 0 aliphatic heterocycles. The number of pyridine rings is 1. The Kier molecular flexibility index (Phi) is 5.58. The van der Waals surface area contributed by atoms with Crippen molar-refractivity contribution in [1.82, 2.24) is 4.98 Å². The van der Waals surface area contributed by atoms with Gasteiger partial charge in [-0.05, 0) is 59.4 Å². The minimum atomic E-state index is -0.0267. The Morgan fingerprint density at radius 2 is 1.74 bits per heavy atom. The van der Waals surface area contributed by atoms with E-state index >= 15 is 0 Å². The quantitative estimate of drug-likeness (QED) is 0.340. The van der Waals surface area contributed by atoms with Crippen molar-refractivity contribution < 1.29 is 4.74 Å². The van der Waals surface area contributed by atoms with Gasteiger partial charge < -0.3 is 9.72 Å². The first-order valence-electron chi connectivity index (χ1n) is 11.4. The van der Waals surface area contributed by atoms with Gasteiger partial charge in [-0.1, -0.05) is 56.9 Å². The maximum Gasteiger partial charge on any atom is 0.266 e. The van der Waals surface area contributed by atoms with Gasteiger partial charge in [0, 0.05) is 21.9 Å². The third kappa shape index (κ3) is 3.67. The predicted molar refractivity (Wildman–Crippen MR) is 132 cm³/mol. The normalized spacial score (nSPS) is 16.5. The molecule has 0 spiro atoms.